The van der Waals surface area contributed by atoms with Crippen LogP contribution >= 0.6 is 0 Å². The molecule has 0 saturated carbocycles. The van der Waals surface area contributed by atoms with Crippen molar-refractivity contribution in [3.63, 3.8) is 0 Å². The van der Waals surface area contributed by atoms with E-state index in [9.17, 15) is 0 Å². The van der Waals surface area contributed by atoms with Crippen molar-refractivity contribution in [3.05, 3.63) is 156 Å². The van der Waals surface area contributed by atoms with Crippen molar-refractivity contribution in [2.45, 2.75) is 59.3 Å². The maximum absolute atomic E-state index is 6.88. The third-order valence-corrected chi connectivity index (χ3v) is 10.8. The summed E-state index contributed by atoms with van der Waals surface area (Å²) in [4.78, 5) is 7.05. The van der Waals surface area contributed by atoms with Gasteiger partial charge >= 0.3 is 7.05 Å². The normalized spacial score (nSPS) is 14.3. The Morgan fingerprint density at radius 3 is 2.33 bits per heavy atom. The number of aryl methyl sites for hydroxylation is 2. The molecule has 0 spiro atoms. The Hall–Kier alpha value is -5.82. The monoisotopic (exact) mass is 680 g/mol. The molecule has 2 aliphatic heterocycles. The van der Waals surface area contributed by atoms with Crippen molar-refractivity contribution >= 4 is 35.1 Å². The number of pyridine rings is 1. The molecule has 0 unspecified atom stereocenters. The van der Waals surface area contributed by atoms with E-state index >= 15 is 0 Å². The highest BCUT2D eigenvalue weighted by Crippen LogP contribution is 2.46. The second kappa shape index (κ2) is 11.6. The minimum absolute atomic E-state index is 0.143. The van der Waals surface area contributed by atoms with Crippen molar-refractivity contribution in [1.29, 1.82) is 0 Å². The molecule has 52 heavy (non-hydrogen) atoms. The van der Waals surface area contributed by atoms with Crippen molar-refractivity contribution < 1.29 is 14.0 Å². The number of para-hydroxylation sites is 2. The van der Waals surface area contributed by atoms with Crippen LogP contribution in [0.3, 0.4) is 0 Å². The smallest absolute Gasteiger partial charge is 0.526 e. The lowest BCUT2D eigenvalue weighted by atomic mass is 9.67. The number of rotatable bonds is 5. The van der Waals surface area contributed by atoms with Gasteiger partial charge in [-0.15, -0.1) is 0 Å². The first-order valence-electron chi connectivity index (χ1n) is 18.0. The summed E-state index contributed by atoms with van der Waals surface area (Å²) < 4.78 is 17.9. The van der Waals surface area contributed by atoms with Gasteiger partial charge in [0.2, 0.25) is 0 Å². The number of aromatic nitrogens is 3. The van der Waals surface area contributed by atoms with E-state index in [1.165, 1.54) is 22.3 Å². The zero-order valence-electron chi connectivity index (χ0n) is 30.7. The van der Waals surface area contributed by atoms with Crippen LogP contribution in [-0.4, -0.2) is 16.6 Å². The fraction of sp³-hybridized carbons (Fsp3) is 0.200. The molecular weight excluding hydrogens is 639 g/mol. The minimum atomic E-state index is -0.372. The second-order valence-electron chi connectivity index (χ2n) is 15.6. The van der Waals surface area contributed by atoms with Crippen LogP contribution in [0.2, 0.25) is 0 Å². The molecule has 0 atom stereocenters. The highest BCUT2D eigenvalue weighted by atomic mass is 16.5. The van der Waals surface area contributed by atoms with Crippen LogP contribution in [0.15, 0.2) is 121 Å². The van der Waals surface area contributed by atoms with Crippen LogP contribution in [0, 0.1) is 20.2 Å². The summed E-state index contributed by atoms with van der Waals surface area (Å²) in [6, 6.07) is 40.3. The summed E-state index contributed by atoms with van der Waals surface area (Å²) in [5.41, 5.74) is 12.2. The lowest BCUT2D eigenvalue weighted by Gasteiger charge is -2.34. The molecule has 9 rings (SSSR count). The minimum Gasteiger partial charge on any atom is -0.535 e. The highest BCUT2D eigenvalue weighted by molar-refractivity contribution is 6.75. The Morgan fingerprint density at radius 2 is 1.56 bits per heavy atom. The van der Waals surface area contributed by atoms with Gasteiger partial charge in [0.05, 0.1) is 22.4 Å². The lowest BCUT2D eigenvalue weighted by Crippen LogP contribution is -2.49. The van der Waals surface area contributed by atoms with E-state index in [0.717, 1.165) is 62.2 Å². The maximum Gasteiger partial charge on any atom is 0.526 e. The van der Waals surface area contributed by atoms with E-state index in [4.69, 9.17) is 14.4 Å². The molecule has 7 aromatic rings. The van der Waals surface area contributed by atoms with Crippen molar-refractivity contribution in [3.8, 4) is 28.6 Å². The first kappa shape index (κ1) is 32.1. The van der Waals surface area contributed by atoms with E-state index in [2.05, 4.69) is 166 Å². The SMILES string of the molecule is Cc1cccc(C)c1B1Oc2cccnc2N1c1cc(Oc2ccc3c(c2)-n2[c-][n+](-c4ccccc4)c4cccc(c42)C3(C)C)cc(C(C)(C)C)c1. The van der Waals surface area contributed by atoms with Gasteiger partial charge < -0.3 is 14.2 Å². The first-order valence-corrected chi connectivity index (χ1v) is 18.0. The summed E-state index contributed by atoms with van der Waals surface area (Å²) in [5, 5.41) is 0. The molecule has 0 radical (unpaired) electrons. The van der Waals surface area contributed by atoms with E-state index < -0.39 is 0 Å². The third kappa shape index (κ3) is 5.01. The van der Waals surface area contributed by atoms with Gasteiger partial charge in [0.15, 0.2) is 5.82 Å². The Labute approximate surface area is 306 Å². The Bertz CT molecular complexity index is 2510. The summed E-state index contributed by atoms with van der Waals surface area (Å²) in [7, 11) is -0.372. The average Bonchev–Trinajstić information content (AvgIpc) is 3.70. The quantitative estimate of drug-likeness (QED) is 0.103. The summed E-state index contributed by atoms with van der Waals surface area (Å²) in [5.74, 6) is 3.07. The molecule has 0 fully saturated rings. The van der Waals surface area contributed by atoms with Crippen LogP contribution in [-0.2, 0) is 10.8 Å². The molecule has 4 heterocycles. The molecule has 2 aromatic heterocycles. The molecule has 2 aliphatic rings. The number of nitrogens with zero attached hydrogens (tertiary/aromatic N) is 4. The average molecular weight is 681 g/mol. The zero-order chi connectivity index (χ0) is 35.9. The van der Waals surface area contributed by atoms with Gasteiger partial charge in [-0.3, -0.25) is 9.13 Å². The van der Waals surface area contributed by atoms with Crippen molar-refractivity contribution in [2.24, 2.45) is 0 Å². The molecule has 0 saturated heterocycles. The van der Waals surface area contributed by atoms with Crippen LogP contribution in [0.4, 0.5) is 11.5 Å². The summed E-state index contributed by atoms with van der Waals surface area (Å²) in [6.07, 6.45) is 5.53. The number of fused-ring (bicyclic) bond motifs is 3. The van der Waals surface area contributed by atoms with Gasteiger partial charge in [0.25, 0.3) is 6.33 Å². The van der Waals surface area contributed by atoms with Crippen molar-refractivity contribution in [1.82, 2.24) is 9.55 Å². The van der Waals surface area contributed by atoms with E-state index in [-0.39, 0.29) is 17.9 Å². The highest BCUT2D eigenvalue weighted by Gasteiger charge is 2.43. The number of anilines is 2. The zero-order valence-corrected chi connectivity index (χ0v) is 30.7. The molecule has 6 nitrogen and oxygen atoms in total. The molecular formula is C45H41BN4O2. The lowest BCUT2D eigenvalue weighted by molar-refractivity contribution is -0.572. The maximum atomic E-state index is 6.88. The van der Waals surface area contributed by atoms with Crippen LogP contribution in [0.5, 0.6) is 17.2 Å². The largest absolute Gasteiger partial charge is 0.535 e. The molecule has 7 heteroatoms. The van der Waals surface area contributed by atoms with E-state index in [1.807, 2.05) is 24.4 Å². The van der Waals surface area contributed by atoms with Gasteiger partial charge in [0, 0.05) is 23.4 Å². The second-order valence-corrected chi connectivity index (χ2v) is 15.6. The predicted octanol–water partition coefficient (Wildman–Crippen LogP) is 9.37. The van der Waals surface area contributed by atoms with Gasteiger partial charge in [0.1, 0.15) is 17.2 Å². The van der Waals surface area contributed by atoms with Gasteiger partial charge in [-0.2, -0.15) is 0 Å². The standard InChI is InChI=1S/C45H41BN4O2/c1-29-14-11-15-30(2)41(29)46-50(43-40(52-46)20-13-23-47-43)33-24-31(44(3,4)5)25-35(26-33)51-34-21-22-36-39(27-34)49-28-48(32-16-9-8-10-17-32)38-19-12-18-37(42(38)49)45(36,6)7/h8-27H,1-7H3. The Kier molecular flexibility index (Phi) is 7.17. The first-order chi connectivity index (χ1) is 25.0. The number of ether oxygens (including phenoxy) is 1. The molecule has 256 valence electrons. The van der Waals surface area contributed by atoms with Crippen molar-refractivity contribution in [2.75, 3.05) is 4.81 Å². The Balaban J connectivity index is 1.18. The molecule has 0 aliphatic carbocycles. The summed E-state index contributed by atoms with van der Waals surface area (Å²) in [6.45, 7) is 15.6. The topological polar surface area (TPSA) is 43.4 Å². The van der Waals surface area contributed by atoms with Gasteiger partial charge in [-0.25, -0.2) is 4.98 Å². The third-order valence-electron chi connectivity index (χ3n) is 10.8. The van der Waals surface area contributed by atoms with Crippen LogP contribution in [0.1, 0.15) is 62.4 Å². The number of imidazole rings is 1. The van der Waals surface area contributed by atoms with Gasteiger partial charge in [-0.05, 0) is 89.9 Å². The molecule has 5 aromatic carbocycles. The van der Waals surface area contributed by atoms with E-state index in [1.54, 1.807) is 0 Å². The number of benzene rings is 5. The number of hydrogen-bond acceptors (Lipinski definition) is 4. The fourth-order valence-corrected chi connectivity index (χ4v) is 7.99. The predicted molar refractivity (Wildman–Crippen MR) is 209 cm³/mol. The van der Waals surface area contributed by atoms with Crippen LogP contribution in [0.25, 0.3) is 22.4 Å². The van der Waals surface area contributed by atoms with E-state index in [0.29, 0.717) is 0 Å². The van der Waals surface area contributed by atoms with Crippen LogP contribution < -0.4 is 24.2 Å². The number of hydrogen-bond donors (Lipinski definition) is 0. The molecule has 0 amide bonds. The molecule has 0 N–H and O–H groups in total. The molecule has 0 bridgehead atoms. The summed E-state index contributed by atoms with van der Waals surface area (Å²) >= 11 is 0. The fourth-order valence-electron chi connectivity index (χ4n) is 7.99. The van der Waals surface area contributed by atoms with Gasteiger partial charge in [-0.1, -0.05) is 106 Å². The Morgan fingerprint density at radius 1 is 0.788 bits per heavy atom.